The quantitative estimate of drug-likeness (QED) is 0.219. The Morgan fingerprint density at radius 3 is 2.79 bits per heavy atom. The van der Waals surface area contributed by atoms with Crippen molar-refractivity contribution in [2.24, 2.45) is 5.92 Å². The number of aromatic nitrogens is 4. The van der Waals surface area contributed by atoms with Crippen LogP contribution in [0.25, 0.3) is 27.3 Å². The summed E-state index contributed by atoms with van der Waals surface area (Å²) in [5, 5.41) is 19.9. The van der Waals surface area contributed by atoms with E-state index < -0.39 is 6.04 Å². The monoisotopic (exact) mass is 549 g/mol. The lowest BCUT2D eigenvalue weighted by Crippen LogP contribution is -2.39. The van der Waals surface area contributed by atoms with E-state index in [0.717, 1.165) is 15.8 Å². The molecule has 0 saturated heterocycles. The summed E-state index contributed by atoms with van der Waals surface area (Å²) in [5.74, 6) is -0.397. The predicted molar refractivity (Wildman–Crippen MR) is 149 cm³/mol. The molecule has 0 aliphatic heterocycles. The average molecular weight is 550 g/mol. The van der Waals surface area contributed by atoms with Crippen LogP contribution < -0.4 is 16.4 Å². The summed E-state index contributed by atoms with van der Waals surface area (Å²) in [7, 11) is 0. The molecule has 0 saturated carbocycles. The lowest BCUT2D eigenvalue weighted by Gasteiger charge is -2.18. The van der Waals surface area contributed by atoms with Crippen molar-refractivity contribution in [2.75, 3.05) is 12.3 Å². The van der Waals surface area contributed by atoms with E-state index in [1.54, 1.807) is 28.9 Å². The van der Waals surface area contributed by atoms with E-state index in [2.05, 4.69) is 20.6 Å². The van der Waals surface area contributed by atoms with Crippen LogP contribution in [0.4, 0.5) is 5.13 Å². The zero-order valence-corrected chi connectivity index (χ0v) is 22.5. The van der Waals surface area contributed by atoms with Gasteiger partial charge in [-0.2, -0.15) is 11.3 Å². The third kappa shape index (κ3) is 5.23. The van der Waals surface area contributed by atoms with Gasteiger partial charge in [-0.1, -0.05) is 25.2 Å². The summed E-state index contributed by atoms with van der Waals surface area (Å²) in [4.78, 5) is 40.0. The number of carbonyl (C=O) groups excluding carboxylic acids is 2. The Morgan fingerprint density at radius 1 is 1.21 bits per heavy atom. The molecule has 0 aliphatic carbocycles. The molecule has 0 aliphatic rings. The lowest BCUT2D eigenvalue weighted by atomic mass is 10.0. The van der Waals surface area contributed by atoms with Crippen molar-refractivity contribution in [1.82, 2.24) is 30.0 Å². The molecule has 0 spiro atoms. The number of nitrogens with two attached hydrogens (primary N) is 1. The number of thiazole rings is 1. The topological polar surface area (TPSA) is 148 Å². The number of aliphatic hydroxyl groups excluding tert-OH is 1. The molecule has 0 fully saturated rings. The summed E-state index contributed by atoms with van der Waals surface area (Å²) < 4.78 is 2.48. The molecule has 5 rings (SSSR count). The number of hydrogen-bond donors (Lipinski definition) is 4. The van der Waals surface area contributed by atoms with Gasteiger partial charge in [0.2, 0.25) is 0 Å². The van der Waals surface area contributed by atoms with Gasteiger partial charge >= 0.3 is 0 Å². The lowest BCUT2D eigenvalue weighted by molar-refractivity contribution is 0.0901. The standard InChI is InChI=1S/C26H27N7O3S2/c1-14(2)8-17(12-34)30-25(36)21-20(16-5-7-37-13-16)31-23-18(4-3-6-33(21)23)24(35)29-11-15-9-19-22(28-10-15)32-26(27)38-19/h3-7,9-10,13-14,17,34H,8,11-12H2,1-2H3,(H,29,35)(H,30,36)(H2,27,28,32)/t17-/m1/s1. The van der Waals surface area contributed by atoms with Crippen molar-refractivity contribution in [1.29, 1.82) is 0 Å². The van der Waals surface area contributed by atoms with Crippen LogP contribution in [-0.4, -0.2) is 48.9 Å². The van der Waals surface area contributed by atoms with Gasteiger partial charge in [0.15, 0.2) is 16.4 Å². The fourth-order valence-electron chi connectivity index (χ4n) is 4.32. The number of anilines is 1. The Bertz CT molecular complexity index is 1610. The highest BCUT2D eigenvalue weighted by atomic mass is 32.1. The van der Waals surface area contributed by atoms with E-state index >= 15 is 0 Å². The normalized spacial score (nSPS) is 12.3. The van der Waals surface area contributed by atoms with Crippen LogP contribution in [0.2, 0.25) is 0 Å². The number of thiophene rings is 1. The van der Waals surface area contributed by atoms with Gasteiger partial charge in [-0.25, -0.2) is 15.0 Å². The Labute approximate surface area is 226 Å². The first-order valence-electron chi connectivity index (χ1n) is 12.1. The second-order valence-corrected chi connectivity index (χ2v) is 11.2. The van der Waals surface area contributed by atoms with Gasteiger partial charge in [-0.3, -0.25) is 14.0 Å². The van der Waals surface area contributed by atoms with E-state index in [4.69, 9.17) is 10.7 Å². The van der Waals surface area contributed by atoms with Crippen LogP contribution in [0.5, 0.6) is 0 Å². The van der Waals surface area contributed by atoms with Crippen molar-refractivity contribution >= 4 is 55.6 Å². The van der Waals surface area contributed by atoms with Crippen LogP contribution >= 0.6 is 22.7 Å². The van der Waals surface area contributed by atoms with Gasteiger partial charge in [-0.15, -0.1) is 0 Å². The summed E-state index contributed by atoms with van der Waals surface area (Å²) in [6.07, 6.45) is 4.01. The minimum absolute atomic E-state index is 0.170. The number of aliphatic hydroxyl groups is 1. The Kier molecular flexibility index (Phi) is 7.36. The molecular weight excluding hydrogens is 522 g/mol. The zero-order valence-electron chi connectivity index (χ0n) is 20.8. The fraction of sp³-hybridized carbons (Fsp3) is 0.269. The minimum atomic E-state index is -0.394. The van der Waals surface area contributed by atoms with E-state index in [1.165, 1.54) is 22.7 Å². The average Bonchev–Trinajstić information content (AvgIpc) is 3.63. The van der Waals surface area contributed by atoms with Crippen LogP contribution in [0.1, 0.15) is 46.7 Å². The minimum Gasteiger partial charge on any atom is -0.394 e. The van der Waals surface area contributed by atoms with Crippen LogP contribution in [0, 0.1) is 5.92 Å². The third-order valence-electron chi connectivity index (χ3n) is 5.99. The fourth-order valence-corrected chi connectivity index (χ4v) is 5.71. The number of rotatable bonds is 9. The maximum absolute atomic E-state index is 13.5. The van der Waals surface area contributed by atoms with Gasteiger partial charge in [0.1, 0.15) is 11.4 Å². The predicted octanol–water partition coefficient (Wildman–Crippen LogP) is 3.72. The molecule has 2 amide bonds. The summed E-state index contributed by atoms with van der Waals surface area (Å²) in [6.45, 7) is 4.15. The molecule has 5 heterocycles. The van der Waals surface area contributed by atoms with Gasteiger partial charge < -0.3 is 21.5 Å². The van der Waals surface area contributed by atoms with E-state index in [9.17, 15) is 14.7 Å². The number of imidazole rings is 1. The van der Waals surface area contributed by atoms with E-state index in [-0.39, 0.29) is 25.0 Å². The first kappa shape index (κ1) is 25.8. The number of fused-ring (bicyclic) bond motifs is 2. The molecule has 0 unspecified atom stereocenters. The number of hydrogen-bond acceptors (Lipinski definition) is 9. The highest BCUT2D eigenvalue weighted by molar-refractivity contribution is 7.22. The third-order valence-corrected chi connectivity index (χ3v) is 7.49. The largest absolute Gasteiger partial charge is 0.394 e. The van der Waals surface area contributed by atoms with Gasteiger partial charge in [-0.05, 0) is 47.5 Å². The van der Waals surface area contributed by atoms with Crippen molar-refractivity contribution in [3.63, 3.8) is 0 Å². The van der Waals surface area contributed by atoms with Crippen molar-refractivity contribution < 1.29 is 14.7 Å². The Balaban J connectivity index is 1.46. The molecule has 196 valence electrons. The number of nitrogens with zero attached hydrogens (tertiary/aromatic N) is 4. The molecule has 12 heteroatoms. The van der Waals surface area contributed by atoms with Gasteiger partial charge in [0.25, 0.3) is 11.8 Å². The number of nitrogen functional groups attached to an aromatic ring is 1. The number of amides is 2. The number of pyridine rings is 2. The first-order valence-corrected chi connectivity index (χ1v) is 13.8. The van der Waals surface area contributed by atoms with Crippen LogP contribution in [0.15, 0.2) is 47.4 Å². The molecule has 5 aromatic heterocycles. The number of carbonyl (C=O) groups is 2. The highest BCUT2D eigenvalue weighted by Crippen LogP contribution is 2.28. The first-order chi connectivity index (χ1) is 18.3. The maximum Gasteiger partial charge on any atom is 0.270 e. The van der Waals surface area contributed by atoms with Gasteiger partial charge in [0, 0.05) is 29.9 Å². The second kappa shape index (κ2) is 10.9. The molecule has 10 nitrogen and oxygen atoms in total. The molecule has 0 radical (unpaired) electrons. The Morgan fingerprint density at radius 2 is 2.05 bits per heavy atom. The molecule has 0 bridgehead atoms. The van der Waals surface area contributed by atoms with Crippen LogP contribution in [0.3, 0.4) is 0 Å². The molecular formula is C26H27N7O3S2. The Hall–Kier alpha value is -3.87. The van der Waals surface area contributed by atoms with E-state index in [0.29, 0.717) is 45.7 Å². The van der Waals surface area contributed by atoms with Gasteiger partial charge in [0.05, 0.1) is 22.9 Å². The maximum atomic E-state index is 13.5. The SMILES string of the molecule is CC(C)C[C@H](CO)NC(=O)c1c(-c2ccsc2)nc2c(C(=O)NCc3cnc4nc(N)sc4c3)cccn12. The smallest absolute Gasteiger partial charge is 0.270 e. The number of nitrogens with one attached hydrogen (secondary N) is 2. The van der Waals surface area contributed by atoms with Crippen molar-refractivity contribution in [2.45, 2.75) is 32.9 Å². The van der Waals surface area contributed by atoms with Crippen molar-refractivity contribution in [3.05, 3.63) is 64.2 Å². The summed E-state index contributed by atoms with van der Waals surface area (Å²) in [5.41, 5.74) is 9.42. The summed E-state index contributed by atoms with van der Waals surface area (Å²) in [6, 6.07) is 6.78. The van der Waals surface area contributed by atoms with Crippen LogP contribution in [-0.2, 0) is 6.54 Å². The van der Waals surface area contributed by atoms with E-state index in [1.807, 2.05) is 36.7 Å². The summed E-state index contributed by atoms with van der Waals surface area (Å²) >= 11 is 2.83. The zero-order chi connectivity index (χ0) is 26.8. The highest BCUT2D eigenvalue weighted by Gasteiger charge is 2.25. The van der Waals surface area contributed by atoms with Crippen molar-refractivity contribution in [3.8, 4) is 11.3 Å². The molecule has 38 heavy (non-hydrogen) atoms. The second-order valence-electron chi connectivity index (χ2n) is 9.32. The molecule has 1 atom stereocenters. The molecule has 5 aromatic rings. The molecule has 0 aromatic carbocycles. The molecule has 5 N–H and O–H groups in total.